The number of nitrogens with zero attached hydrogens (tertiary/aromatic N) is 2. The molecule has 0 radical (unpaired) electrons. The molecule has 0 bridgehead atoms. The number of aromatic nitrogens is 1. The van der Waals surface area contributed by atoms with Gasteiger partial charge in [-0.05, 0) is 40.3 Å². The van der Waals surface area contributed by atoms with E-state index in [1.807, 2.05) is 4.90 Å². The van der Waals surface area contributed by atoms with E-state index in [0.29, 0.717) is 17.4 Å². The van der Waals surface area contributed by atoms with Crippen molar-refractivity contribution in [3.8, 4) is 0 Å². The predicted octanol–water partition coefficient (Wildman–Crippen LogP) is 3.62. The number of hydrogen-bond donors (Lipinski definition) is 0. The Labute approximate surface area is 121 Å². The van der Waals surface area contributed by atoms with Crippen molar-refractivity contribution in [1.82, 2.24) is 9.88 Å². The third-order valence-corrected chi connectivity index (χ3v) is 4.39. The molecule has 1 fully saturated rings. The maximum atomic E-state index is 12.4. The lowest BCUT2D eigenvalue weighted by Gasteiger charge is -2.35. The molecule has 0 saturated carbocycles. The highest BCUT2D eigenvalue weighted by atomic mass is 79.9. The minimum Gasteiger partial charge on any atom is -0.338 e. The summed E-state index contributed by atoms with van der Waals surface area (Å²) in [7, 11) is 0. The van der Waals surface area contributed by atoms with Crippen molar-refractivity contribution in [1.29, 1.82) is 0 Å². The third-order valence-electron chi connectivity index (χ3n) is 3.66. The molecule has 1 aliphatic heterocycles. The molecule has 0 aromatic carbocycles. The highest BCUT2D eigenvalue weighted by Gasteiger charge is 2.27. The highest BCUT2D eigenvalue weighted by molar-refractivity contribution is 9.10. The van der Waals surface area contributed by atoms with Crippen LogP contribution in [-0.2, 0) is 0 Å². The summed E-state index contributed by atoms with van der Waals surface area (Å²) >= 11 is 9.31. The van der Waals surface area contributed by atoms with E-state index in [1.54, 1.807) is 12.3 Å². The van der Waals surface area contributed by atoms with Crippen LogP contribution in [0.4, 0.5) is 0 Å². The zero-order valence-electron chi connectivity index (χ0n) is 10.5. The van der Waals surface area contributed by atoms with Crippen molar-refractivity contribution >= 4 is 33.4 Å². The van der Waals surface area contributed by atoms with Gasteiger partial charge in [0.05, 0.1) is 5.56 Å². The first-order valence-corrected chi connectivity index (χ1v) is 7.26. The van der Waals surface area contributed by atoms with Gasteiger partial charge >= 0.3 is 0 Å². The van der Waals surface area contributed by atoms with Crippen molar-refractivity contribution in [3.63, 3.8) is 0 Å². The Hall–Kier alpha value is -0.610. The summed E-state index contributed by atoms with van der Waals surface area (Å²) in [6.07, 6.45) is 2.64. The molecule has 1 amide bonds. The van der Waals surface area contributed by atoms with Crippen molar-refractivity contribution in [2.75, 3.05) is 13.1 Å². The molecule has 0 aliphatic carbocycles. The van der Waals surface area contributed by atoms with E-state index in [-0.39, 0.29) is 11.1 Å². The second-order valence-electron chi connectivity index (χ2n) is 4.99. The first-order valence-electron chi connectivity index (χ1n) is 6.09. The van der Waals surface area contributed by atoms with E-state index in [4.69, 9.17) is 11.6 Å². The van der Waals surface area contributed by atoms with Crippen LogP contribution >= 0.6 is 27.5 Å². The molecule has 2 unspecified atom stereocenters. The summed E-state index contributed by atoms with van der Waals surface area (Å²) in [5.41, 5.74) is 0.479. The topological polar surface area (TPSA) is 33.2 Å². The minimum atomic E-state index is -0.0208. The molecule has 2 atom stereocenters. The Balaban J connectivity index is 2.19. The number of halogens is 2. The van der Waals surface area contributed by atoms with Gasteiger partial charge in [0, 0.05) is 23.8 Å². The Bertz CT molecular complexity index is 466. The number of amides is 1. The lowest BCUT2D eigenvalue weighted by molar-refractivity contribution is 0.0627. The van der Waals surface area contributed by atoms with Crippen LogP contribution in [0.25, 0.3) is 0 Å². The van der Waals surface area contributed by atoms with E-state index < -0.39 is 0 Å². The van der Waals surface area contributed by atoms with E-state index in [2.05, 4.69) is 34.8 Å². The van der Waals surface area contributed by atoms with E-state index >= 15 is 0 Å². The third kappa shape index (κ3) is 2.86. The van der Waals surface area contributed by atoms with Crippen LogP contribution in [0.3, 0.4) is 0 Å². The molecule has 1 aromatic heterocycles. The molecule has 0 spiro atoms. The number of piperidine rings is 1. The van der Waals surface area contributed by atoms with Gasteiger partial charge in [0.2, 0.25) is 0 Å². The Morgan fingerprint density at radius 3 is 2.89 bits per heavy atom. The lowest BCUT2D eigenvalue weighted by Crippen LogP contribution is -2.42. The molecule has 0 N–H and O–H groups in total. The first kappa shape index (κ1) is 13.8. The van der Waals surface area contributed by atoms with Gasteiger partial charge in [-0.15, -0.1) is 0 Å². The quantitative estimate of drug-likeness (QED) is 0.736. The van der Waals surface area contributed by atoms with Crippen LogP contribution in [-0.4, -0.2) is 28.9 Å². The summed E-state index contributed by atoms with van der Waals surface area (Å²) in [6, 6.07) is 1.74. The van der Waals surface area contributed by atoms with Crippen LogP contribution in [0.1, 0.15) is 30.6 Å². The van der Waals surface area contributed by atoms with E-state index in [9.17, 15) is 4.79 Å². The number of carbonyl (C=O) groups is 1. The van der Waals surface area contributed by atoms with Crippen LogP contribution in [0, 0.1) is 11.8 Å². The smallest absolute Gasteiger partial charge is 0.257 e. The van der Waals surface area contributed by atoms with Crippen LogP contribution < -0.4 is 0 Å². The van der Waals surface area contributed by atoms with E-state index in [0.717, 1.165) is 24.0 Å². The number of likely N-dealkylation sites (tertiary alicyclic amines) is 1. The SMILES string of the molecule is CC1CCN(C(=O)c2cc(Br)cnc2Cl)CC1C. The van der Waals surface area contributed by atoms with Crippen molar-refractivity contribution in [2.45, 2.75) is 20.3 Å². The summed E-state index contributed by atoms with van der Waals surface area (Å²) in [5.74, 6) is 1.18. The number of rotatable bonds is 1. The van der Waals surface area contributed by atoms with Gasteiger partial charge in [0.1, 0.15) is 5.15 Å². The number of hydrogen-bond acceptors (Lipinski definition) is 2. The van der Waals surface area contributed by atoms with Crippen molar-refractivity contribution < 1.29 is 4.79 Å². The Morgan fingerprint density at radius 1 is 1.50 bits per heavy atom. The monoisotopic (exact) mass is 330 g/mol. The molecular weight excluding hydrogens is 316 g/mol. The molecule has 18 heavy (non-hydrogen) atoms. The largest absolute Gasteiger partial charge is 0.338 e. The summed E-state index contributed by atoms with van der Waals surface area (Å²) < 4.78 is 0.772. The molecular formula is C13H16BrClN2O. The number of pyridine rings is 1. The molecule has 1 aliphatic rings. The van der Waals surface area contributed by atoms with Crippen LogP contribution in [0.15, 0.2) is 16.7 Å². The van der Waals surface area contributed by atoms with Gasteiger partial charge in [-0.2, -0.15) is 0 Å². The van der Waals surface area contributed by atoms with Crippen LogP contribution in [0.2, 0.25) is 5.15 Å². The Morgan fingerprint density at radius 2 is 2.22 bits per heavy atom. The van der Waals surface area contributed by atoms with Crippen molar-refractivity contribution in [3.05, 3.63) is 27.5 Å². The average molecular weight is 332 g/mol. The molecule has 3 nitrogen and oxygen atoms in total. The van der Waals surface area contributed by atoms with E-state index in [1.165, 1.54) is 0 Å². The minimum absolute atomic E-state index is 0.0208. The van der Waals surface area contributed by atoms with Gasteiger partial charge in [0.15, 0.2) is 0 Å². The highest BCUT2D eigenvalue weighted by Crippen LogP contribution is 2.26. The first-order chi connectivity index (χ1) is 8.49. The zero-order valence-corrected chi connectivity index (χ0v) is 12.8. The molecule has 2 rings (SSSR count). The van der Waals surface area contributed by atoms with Gasteiger partial charge in [-0.1, -0.05) is 25.4 Å². The fourth-order valence-corrected chi connectivity index (χ4v) is 2.71. The zero-order chi connectivity index (χ0) is 13.3. The van der Waals surface area contributed by atoms with Gasteiger partial charge in [0.25, 0.3) is 5.91 Å². The standard InChI is InChI=1S/C13H16BrClN2O/c1-8-3-4-17(7-9(8)2)13(18)11-5-10(14)6-16-12(11)15/h5-6,8-9H,3-4,7H2,1-2H3. The summed E-state index contributed by atoms with van der Waals surface area (Å²) in [6.45, 7) is 6.01. The fourth-order valence-electron chi connectivity index (χ4n) is 2.19. The van der Waals surface area contributed by atoms with Gasteiger partial charge in [-0.25, -0.2) is 4.98 Å². The van der Waals surface area contributed by atoms with Crippen molar-refractivity contribution in [2.24, 2.45) is 11.8 Å². The predicted molar refractivity (Wildman–Crippen MR) is 75.8 cm³/mol. The van der Waals surface area contributed by atoms with Gasteiger partial charge in [-0.3, -0.25) is 4.79 Å². The Kier molecular flexibility index (Phi) is 4.28. The molecule has 1 saturated heterocycles. The summed E-state index contributed by atoms with van der Waals surface area (Å²) in [4.78, 5) is 18.3. The molecule has 1 aromatic rings. The molecule has 2 heterocycles. The fraction of sp³-hybridized carbons (Fsp3) is 0.538. The summed E-state index contributed by atoms with van der Waals surface area (Å²) in [5, 5.41) is 0.273. The van der Waals surface area contributed by atoms with Gasteiger partial charge < -0.3 is 4.90 Å². The normalized spacial score (nSPS) is 24.1. The molecule has 5 heteroatoms. The maximum Gasteiger partial charge on any atom is 0.257 e. The molecule has 98 valence electrons. The van der Waals surface area contributed by atoms with Crippen LogP contribution in [0.5, 0.6) is 0 Å². The maximum absolute atomic E-state index is 12.4. The number of carbonyl (C=O) groups excluding carboxylic acids is 1. The average Bonchev–Trinajstić information content (AvgIpc) is 2.35. The second kappa shape index (κ2) is 5.57. The second-order valence-corrected chi connectivity index (χ2v) is 6.26. The lowest BCUT2D eigenvalue weighted by atomic mass is 9.88.